The summed E-state index contributed by atoms with van der Waals surface area (Å²) in [5.41, 5.74) is 1.54. The lowest BCUT2D eigenvalue weighted by molar-refractivity contribution is -0.138. The molecule has 5 N–H and O–H groups in total. The molecule has 280 valence electrons. The third-order valence-corrected chi connectivity index (χ3v) is 10.6. The highest BCUT2D eigenvalue weighted by molar-refractivity contribution is 5.91. The predicted molar refractivity (Wildman–Crippen MR) is 193 cm³/mol. The summed E-state index contributed by atoms with van der Waals surface area (Å²) in [6.07, 6.45) is 10.2. The van der Waals surface area contributed by atoms with E-state index in [2.05, 4.69) is 41.0 Å². The minimum atomic E-state index is -1.33. The number of aliphatic hydroxyl groups excluding tert-OH is 1. The quantitative estimate of drug-likeness (QED) is 0.106. The number of imidazole rings is 1. The Morgan fingerprint density at radius 2 is 1.73 bits per heavy atom. The summed E-state index contributed by atoms with van der Waals surface area (Å²) in [6, 6.07) is 7.95. The number of aromatic amines is 1. The molecule has 1 saturated heterocycles. The number of aliphatic hydroxyl groups is 1. The van der Waals surface area contributed by atoms with Crippen LogP contribution in [0.15, 0.2) is 55.5 Å². The van der Waals surface area contributed by atoms with Gasteiger partial charge in [0, 0.05) is 50.7 Å². The third-order valence-electron chi connectivity index (χ3n) is 10.6. The number of carbonyl (C=O) groups excluding carboxylic acids is 3. The van der Waals surface area contributed by atoms with Crippen molar-refractivity contribution in [1.29, 1.82) is 0 Å². The van der Waals surface area contributed by atoms with Gasteiger partial charge in [-0.2, -0.15) is 0 Å². The van der Waals surface area contributed by atoms with Crippen LogP contribution in [-0.2, 0) is 32.0 Å². The van der Waals surface area contributed by atoms with Gasteiger partial charge in [-0.1, -0.05) is 82.4 Å². The molecule has 1 aliphatic carbocycles. The molecule has 2 heterocycles. The van der Waals surface area contributed by atoms with Gasteiger partial charge >= 0.3 is 6.16 Å². The Morgan fingerprint density at radius 3 is 2.33 bits per heavy atom. The third kappa shape index (κ3) is 12.8. The molecule has 4 rings (SSSR count). The Balaban J connectivity index is 1.52. The van der Waals surface area contributed by atoms with Crippen molar-refractivity contribution in [1.82, 2.24) is 25.5 Å². The normalized spacial score (nSPS) is 18.6. The Labute approximate surface area is 301 Å². The fourth-order valence-electron chi connectivity index (χ4n) is 7.44. The number of carbonyl (C=O) groups is 4. The van der Waals surface area contributed by atoms with Crippen molar-refractivity contribution in [2.45, 2.75) is 115 Å². The molecule has 12 nitrogen and oxygen atoms in total. The highest BCUT2D eigenvalue weighted by Gasteiger charge is 2.34. The minimum absolute atomic E-state index is 0.0786. The Bertz CT molecular complexity index is 1390. The number of rotatable bonds is 18. The lowest BCUT2D eigenvalue weighted by Gasteiger charge is -2.33. The van der Waals surface area contributed by atoms with E-state index in [1.165, 1.54) is 12.7 Å². The molecule has 5 atom stereocenters. The average Bonchev–Trinajstić information content (AvgIpc) is 3.63. The number of carboxylic acid groups (broad SMARTS) is 1. The van der Waals surface area contributed by atoms with Gasteiger partial charge < -0.3 is 35.5 Å². The molecule has 1 aromatic heterocycles. The molecular weight excluding hydrogens is 650 g/mol. The fourth-order valence-corrected chi connectivity index (χ4v) is 7.44. The summed E-state index contributed by atoms with van der Waals surface area (Å²) in [6.45, 7) is 8.82. The maximum Gasteiger partial charge on any atom is 0.506 e. The molecule has 2 aliphatic rings. The van der Waals surface area contributed by atoms with Crippen LogP contribution in [0.5, 0.6) is 0 Å². The van der Waals surface area contributed by atoms with Crippen LogP contribution in [-0.4, -0.2) is 86.3 Å². The Kier molecular flexibility index (Phi) is 15.5. The van der Waals surface area contributed by atoms with E-state index in [4.69, 9.17) is 9.84 Å². The molecule has 0 unspecified atom stereocenters. The average molecular weight is 708 g/mol. The van der Waals surface area contributed by atoms with Crippen molar-refractivity contribution in [3.8, 4) is 0 Å². The summed E-state index contributed by atoms with van der Waals surface area (Å²) >= 11 is 0. The maximum atomic E-state index is 14.2. The van der Waals surface area contributed by atoms with E-state index in [9.17, 15) is 24.3 Å². The van der Waals surface area contributed by atoms with E-state index < -0.39 is 48.2 Å². The first-order valence-electron chi connectivity index (χ1n) is 18.6. The molecule has 2 fully saturated rings. The van der Waals surface area contributed by atoms with E-state index in [0.717, 1.165) is 31.2 Å². The zero-order valence-electron chi connectivity index (χ0n) is 30.2. The lowest BCUT2D eigenvalue weighted by Crippen LogP contribution is -2.55. The van der Waals surface area contributed by atoms with Crippen molar-refractivity contribution in [3.05, 3.63) is 66.8 Å². The number of H-pyrrole nitrogens is 1. The first-order valence-corrected chi connectivity index (χ1v) is 18.6. The number of benzene rings is 1. The first kappa shape index (κ1) is 39.6. The summed E-state index contributed by atoms with van der Waals surface area (Å²) < 4.78 is 4.90. The van der Waals surface area contributed by atoms with Gasteiger partial charge in [0.1, 0.15) is 12.1 Å². The van der Waals surface area contributed by atoms with Crippen molar-refractivity contribution >= 4 is 23.9 Å². The van der Waals surface area contributed by atoms with E-state index in [0.29, 0.717) is 50.4 Å². The molecule has 1 aromatic carbocycles. The lowest BCUT2D eigenvalue weighted by atomic mass is 9.81. The molecular formula is C39H57N5O7. The molecule has 2 aromatic rings. The number of hydrogen-bond acceptors (Lipinski definition) is 7. The molecule has 1 aliphatic heterocycles. The summed E-state index contributed by atoms with van der Waals surface area (Å²) in [5.74, 6) is -1.06. The van der Waals surface area contributed by atoms with Gasteiger partial charge in [-0.05, 0) is 42.6 Å². The second kappa shape index (κ2) is 20.0. The van der Waals surface area contributed by atoms with E-state index in [-0.39, 0.29) is 37.0 Å². The first-order chi connectivity index (χ1) is 24.5. The van der Waals surface area contributed by atoms with Crippen LogP contribution in [0, 0.1) is 23.7 Å². The monoisotopic (exact) mass is 707 g/mol. The highest BCUT2D eigenvalue weighted by atomic mass is 16.7. The van der Waals surface area contributed by atoms with Crippen LogP contribution in [0.1, 0.15) is 89.3 Å². The zero-order chi connectivity index (χ0) is 36.8. The highest BCUT2D eigenvalue weighted by Crippen LogP contribution is 2.30. The van der Waals surface area contributed by atoms with Crippen LogP contribution in [0.3, 0.4) is 0 Å². The molecule has 0 bridgehead atoms. The van der Waals surface area contributed by atoms with Gasteiger partial charge in [0.25, 0.3) is 0 Å². The smallest absolute Gasteiger partial charge is 0.450 e. The number of amides is 3. The molecule has 3 amide bonds. The number of ether oxygens (including phenoxy) is 1. The van der Waals surface area contributed by atoms with Crippen molar-refractivity contribution in [2.24, 2.45) is 23.7 Å². The number of allylic oxidation sites excluding steroid dienone is 1. The van der Waals surface area contributed by atoms with Crippen LogP contribution >= 0.6 is 0 Å². The maximum absolute atomic E-state index is 14.2. The molecule has 1 saturated carbocycles. The fraction of sp³-hybridized carbons (Fsp3) is 0.615. The van der Waals surface area contributed by atoms with Crippen LogP contribution < -0.4 is 10.6 Å². The largest absolute Gasteiger partial charge is 0.506 e. The van der Waals surface area contributed by atoms with Crippen LogP contribution in [0.2, 0.25) is 0 Å². The number of nitrogens with zero attached hydrogens (tertiary/aromatic N) is 2. The summed E-state index contributed by atoms with van der Waals surface area (Å²) in [4.78, 5) is 61.6. The second-order valence-corrected chi connectivity index (χ2v) is 14.7. The Hall–Kier alpha value is -4.19. The number of hydrogen-bond donors (Lipinski definition) is 5. The van der Waals surface area contributed by atoms with Gasteiger partial charge in [-0.3, -0.25) is 14.4 Å². The summed E-state index contributed by atoms with van der Waals surface area (Å²) in [7, 11) is 0. The molecule has 0 radical (unpaired) electrons. The van der Waals surface area contributed by atoms with Crippen molar-refractivity contribution in [2.75, 3.05) is 13.1 Å². The van der Waals surface area contributed by atoms with Crippen LogP contribution in [0.4, 0.5) is 4.79 Å². The summed E-state index contributed by atoms with van der Waals surface area (Å²) in [5, 5.41) is 26.6. The number of piperidine rings is 1. The predicted octanol–water partition coefficient (Wildman–Crippen LogP) is 5.04. The standard InChI is InChI=1S/C39H57N5O7/c1-4-29(26(2)3)21-35(45)33(20-28-13-9-6-10-14-28)42-38(48)34(23-31-24-40-25-41-31)43-37(47)30(19-27-11-7-5-8-12-27)22-36(46)44-17-15-32(16-18-44)51-39(49)50/h4-5,7-8,11-12,24-26,28-30,32-35,45H,1,6,9-10,13-23H2,2-3H3,(H,40,41)(H,42,48)(H,43,47)(H,49,50)/t29-,30+,33-,34-,35-/m0/s1. The zero-order valence-corrected chi connectivity index (χ0v) is 30.2. The van der Waals surface area contributed by atoms with Crippen molar-refractivity contribution in [3.63, 3.8) is 0 Å². The van der Waals surface area contributed by atoms with Gasteiger partial charge in [0.2, 0.25) is 17.7 Å². The number of aromatic nitrogens is 2. The number of nitrogens with one attached hydrogen (secondary N) is 3. The minimum Gasteiger partial charge on any atom is -0.450 e. The number of likely N-dealkylation sites (tertiary alicyclic amines) is 1. The molecule has 12 heteroatoms. The van der Waals surface area contributed by atoms with Crippen LogP contribution in [0.25, 0.3) is 0 Å². The van der Waals surface area contributed by atoms with Gasteiger partial charge in [0.15, 0.2) is 0 Å². The topological polar surface area (TPSA) is 174 Å². The Morgan fingerprint density at radius 1 is 1.02 bits per heavy atom. The second-order valence-electron chi connectivity index (χ2n) is 14.7. The van der Waals surface area contributed by atoms with E-state index in [1.54, 1.807) is 11.1 Å². The van der Waals surface area contributed by atoms with Gasteiger partial charge in [0.05, 0.1) is 24.4 Å². The molecule has 0 spiro atoms. The van der Waals surface area contributed by atoms with E-state index >= 15 is 0 Å². The van der Waals surface area contributed by atoms with Gasteiger partial charge in [-0.15, -0.1) is 6.58 Å². The van der Waals surface area contributed by atoms with Crippen molar-refractivity contribution < 1.29 is 34.1 Å². The van der Waals surface area contributed by atoms with Gasteiger partial charge in [-0.25, -0.2) is 9.78 Å². The van der Waals surface area contributed by atoms with E-state index in [1.807, 2.05) is 36.4 Å². The molecule has 51 heavy (non-hydrogen) atoms. The SMILES string of the molecule is C=C[C@@H](C[C@H](O)[C@H](CC1CCCCC1)NC(=O)[C@H](Cc1cnc[nH]1)NC(=O)[C@@H](CC(=O)N1CCC(OC(=O)O)CC1)Cc1ccccc1)C(C)C.